The minimum absolute atomic E-state index is 0.157. The van der Waals surface area contributed by atoms with Crippen molar-refractivity contribution in [1.29, 1.82) is 0 Å². The summed E-state index contributed by atoms with van der Waals surface area (Å²) in [7, 11) is 3.56. The first-order valence-corrected chi connectivity index (χ1v) is 7.46. The van der Waals surface area contributed by atoms with Crippen LogP contribution in [0.4, 0.5) is 4.39 Å². The van der Waals surface area contributed by atoms with E-state index in [1.807, 2.05) is 19.2 Å². The predicted octanol–water partition coefficient (Wildman–Crippen LogP) is 1.60. The lowest BCUT2D eigenvalue weighted by Gasteiger charge is -2.26. The van der Waals surface area contributed by atoms with Crippen molar-refractivity contribution in [3.8, 4) is 0 Å². The normalized spacial score (nSPS) is 12.3. The fraction of sp³-hybridized carbons (Fsp3) is 0.438. The Morgan fingerprint density at radius 1 is 1.26 bits per heavy atom. The fourth-order valence-corrected chi connectivity index (χ4v) is 2.17. The van der Waals surface area contributed by atoms with E-state index >= 15 is 0 Å². The van der Waals surface area contributed by atoms with Crippen LogP contribution in [0.1, 0.15) is 25.2 Å². The van der Waals surface area contributed by atoms with E-state index in [0.29, 0.717) is 19.0 Å². The molecule has 2 rings (SSSR count). The summed E-state index contributed by atoms with van der Waals surface area (Å²) in [5.41, 5.74) is 0.908. The molecule has 2 aromatic rings. The monoisotopic (exact) mass is 318 g/mol. The van der Waals surface area contributed by atoms with Crippen molar-refractivity contribution < 1.29 is 4.39 Å². The van der Waals surface area contributed by atoms with Gasteiger partial charge in [0.15, 0.2) is 5.96 Å². The number of rotatable bonds is 5. The average molecular weight is 318 g/mol. The molecule has 0 aliphatic carbocycles. The van der Waals surface area contributed by atoms with Crippen LogP contribution in [0.2, 0.25) is 0 Å². The van der Waals surface area contributed by atoms with Gasteiger partial charge in [-0.15, -0.1) is 0 Å². The van der Waals surface area contributed by atoms with Crippen LogP contribution in [0.15, 0.2) is 35.6 Å². The summed E-state index contributed by atoms with van der Waals surface area (Å²) in [5.74, 6) is 1.28. The van der Waals surface area contributed by atoms with Gasteiger partial charge in [0.05, 0.1) is 6.54 Å². The number of nitrogens with one attached hydrogen (secondary N) is 2. The van der Waals surface area contributed by atoms with Gasteiger partial charge >= 0.3 is 0 Å². The number of nitrogens with zero attached hydrogens (tertiary/aromatic N) is 4. The Bertz CT molecular complexity index is 659. The van der Waals surface area contributed by atoms with Gasteiger partial charge in [-0.2, -0.15) is 5.10 Å². The molecular weight excluding hydrogens is 295 g/mol. The number of hydrogen-bond donors (Lipinski definition) is 2. The molecule has 0 aliphatic heterocycles. The number of aromatic nitrogens is 3. The topological polar surface area (TPSA) is 67.1 Å². The van der Waals surface area contributed by atoms with E-state index < -0.39 is 0 Å². The molecule has 1 heterocycles. The maximum atomic E-state index is 13.1. The number of guanidine groups is 1. The second-order valence-electron chi connectivity index (χ2n) is 5.97. The minimum atomic E-state index is -0.223. The highest BCUT2D eigenvalue weighted by Crippen LogP contribution is 2.22. The van der Waals surface area contributed by atoms with Crippen molar-refractivity contribution in [2.24, 2.45) is 12.0 Å². The van der Waals surface area contributed by atoms with Crippen LogP contribution in [-0.2, 0) is 19.0 Å². The summed E-state index contributed by atoms with van der Waals surface area (Å²) in [6.45, 7) is 5.40. The van der Waals surface area contributed by atoms with Crippen LogP contribution < -0.4 is 10.6 Å². The molecular formula is C16H23FN6. The molecule has 7 heteroatoms. The zero-order valence-electron chi connectivity index (χ0n) is 14.0. The molecule has 0 fully saturated rings. The second kappa shape index (κ2) is 7.21. The van der Waals surface area contributed by atoms with Crippen molar-refractivity contribution in [3.05, 3.63) is 47.8 Å². The van der Waals surface area contributed by atoms with Gasteiger partial charge in [0.2, 0.25) is 0 Å². The molecule has 124 valence electrons. The van der Waals surface area contributed by atoms with E-state index in [0.717, 1.165) is 11.4 Å². The highest BCUT2D eigenvalue weighted by molar-refractivity contribution is 5.79. The third-order valence-electron chi connectivity index (χ3n) is 3.77. The highest BCUT2D eigenvalue weighted by Gasteiger charge is 2.21. The van der Waals surface area contributed by atoms with Crippen molar-refractivity contribution >= 4 is 5.96 Å². The highest BCUT2D eigenvalue weighted by atomic mass is 19.1. The standard InChI is InChI=1S/C16H23FN6/c1-16(2,12-5-7-13(17)8-6-12)10-20-15(18-3)19-9-14-21-11-22-23(14)4/h5-8,11H,9-10H2,1-4H3,(H2,18,19,20). The summed E-state index contributed by atoms with van der Waals surface area (Å²) in [4.78, 5) is 8.36. The molecule has 6 nitrogen and oxygen atoms in total. The van der Waals surface area contributed by atoms with Crippen LogP contribution >= 0.6 is 0 Å². The average Bonchev–Trinajstić information content (AvgIpc) is 2.93. The van der Waals surface area contributed by atoms with Gasteiger partial charge in [0.1, 0.15) is 18.0 Å². The Hall–Kier alpha value is -2.44. The van der Waals surface area contributed by atoms with E-state index in [-0.39, 0.29) is 11.2 Å². The zero-order chi connectivity index (χ0) is 16.9. The molecule has 0 unspecified atom stereocenters. The largest absolute Gasteiger partial charge is 0.356 e. The molecule has 0 atom stereocenters. The molecule has 0 aliphatic rings. The molecule has 0 spiro atoms. The SMILES string of the molecule is CN=C(NCc1ncnn1C)NCC(C)(C)c1ccc(F)cc1. The summed E-state index contributed by atoms with van der Waals surface area (Å²) in [5, 5.41) is 10.5. The second-order valence-corrected chi connectivity index (χ2v) is 5.97. The van der Waals surface area contributed by atoms with Crippen molar-refractivity contribution in [1.82, 2.24) is 25.4 Å². The first-order chi connectivity index (χ1) is 10.9. The lowest BCUT2D eigenvalue weighted by Crippen LogP contribution is -2.43. The smallest absolute Gasteiger partial charge is 0.191 e. The molecule has 0 saturated carbocycles. The van der Waals surface area contributed by atoms with E-state index in [2.05, 4.69) is 39.6 Å². The zero-order valence-corrected chi connectivity index (χ0v) is 14.0. The Morgan fingerprint density at radius 3 is 2.52 bits per heavy atom. The summed E-state index contributed by atoms with van der Waals surface area (Å²) in [6.07, 6.45) is 1.52. The van der Waals surface area contributed by atoms with Crippen LogP contribution in [-0.4, -0.2) is 34.3 Å². The predicted molar refractivity (Wildman–Crippen MR) is 88.6 cm³/mol. The van der Waals surface area contributed by atoms with Gasteiger partial charge < -0.3 is 10.6 Å². The van der Waals surface area contributed by atoms with Crippen LogP contribution in [0, 0.1) is 5.82 Å². The minimum Gasteiger partial charge on any atom is -0.356 e. The van der Waals surface area contributed by atoms with E-state index in [1.165, 1.54) is 18.5 Å². The van der Waals surface area contributed by atoms with Crippen molar-refractivity contribution in [2.75, 3.05) is 13.6 Å². The van der Waals surface area contributed by atoms with Gasteiger partial charge in [0, 0.05) is 26.1 Å². The number of hydrogen-bond acceptors (Lipinski definition) is 3. The molecule has 0 amide bonds. The molecule has 1 aromatic carbocycles. The summed E-state index contributed by atoms with van der Waals surface area (Å²) in [6, 6.07) is 6.59. The van der Waals surface area contributed by atoms with Gasteiger partial charge in [-0.05, 0) is 17.7 Å². The molecule has 0 saturated heterocycles. The molecule has 1 aromatic heterocycles. The maximum Gasteiger partial charge on any atom is 0.191 e. The van der Waals surface area contributed by atoms with E-state index in [1.54, 1.807) is 11.7 Å². The first-order valence-electron chi connectivity index (χ1n) is 7.46. The first kappa shape index (κ1) is 16.9. The Kier molecular flexibility index (Phi) is 5.31. The summed E-state index contributed by atoms with van der Waals surface area (Å²) >= 11 is 0. The molecule has 23 heavy (non-hydrogen) atoms. The quantitative estimate of drug-likeness (QED) is 0.649. The third kappa shape index (κ3) is 4.51. The Balaban J connectivity index is 1.91. The molecule has 0 radical (unpaired) electrons. The Labute approximate surface area is 135 Å². The van der Waals surface area contributed by atoms with Crippen molar-refractivity contribution in [2.45, 2.75) is 25.8 Å². The maximum absolute atomic E-state index is 13.1. The van der Waals surface area contributed by atoms with Crippen LogP contribution in [0.3, 0.4) is 0 Å². The lowest BCUT2D eigenvalue weighted by atomic mass is 9.84. The van der Waals surface area contributed by atoms with Gasteiger partial charge in [-0.3, -0.25) is 9.67 Å². The lowest BCUT2D eigenvalue weighted by molar-refractivity contribution is 0.506. The van der Waals surface area contributed by atoms with Gasteiger partial charge in [-0.1, -0.05) is 26.0 Å². The van der Waals surface area contributed by atoms with Crippen molar-refractivity contribution in [3.63, 3.8) is 0 Å². The fourth-order valence-electron chi connectivity index (χ4n) is 2.17. The number of aryl methyl sites for hydroxylation is 1. The number of benzene rings is 1. The Morgan fingerprint density at radius 2 is 1.96 bits per heavy atom. The van der Waals surface area contributed by atoms with Crippen LogP contribution in [0.5, 0.6) is 0 Å². The molecule has 0 bridgehead atoms. The van der Waals surface area contributed by atoms with Gasteiger partial charge in [0.25, 0.3) is 0 Å². The van der Waals surface area contributed by atoms with Gasteiger partial charge in [-0.25, -0.2) is 9.37 Å². The molecule has 2 N–H and O–H groups in total. The summed E-state index contributed by atoms with van der Waals surface area (Å²) < 4.78 is 14.8. The van der Waals surface area contributed by atoms with Crippen LogP contribution in [0.25, 0.3) is 0 Å². The van der Waals surface area contributed by atoms with E-state index in [4.69, 9.17) is 0 Å². The number of halogens is 1. The third-order valence-corrected chi connectivity index (χ3v) is 3.77. The number of aliphatic imine (C=N–C) groups is 1. The van der Waals surface area contributed by atoms with E-state index in [9.17, 15) is 4.39 Å².